The molecule has 0 aliphatic rings. The van der Waals surface area contributed by atoms with E-state index in [0.717, 1.165) is 17.2 Å². The fourth-order valence-corrected chi connectivity index (χ4v) is 4.74. The molecule has 0 saturated carbocycles. The van der Waals surface area contributed by atoms with Gasteiger partial charge >= 0.3 is 6.18 Å². The lowest BCUT2D eigenvalue weighted by Crippen LogP contribution is -2.12. The summed E-state index contributed by atoms with van der Waals surface area (Å²) in [4.78, 5) is 4.26. The van der Waals surface area contributed by atoms with Crippen LogP contribution in [-0.4, -0.2) is 12.1 Å². The first-order valence-corrected chi connectivity index (χ1v) is 12.0. The first kappa shape index (κ1) is 25.4. The number of aromatic nitrogens is 1. The largest absolute Gasteiger partial charge is 0.494 e. The molecule has 0 radical (unpaired) electrons. The van der Waals surface area contributed by atoms with Gasteiger partial charge in [0.1, 0.15) is 0 Å². The SMILES string of the molecule is COc1ccc(C(N)c2cccc(-c3c(Cc4ccccc4)cnc4c(C(F)(F)F)cccc34)c2)cc1F. The van der Waals surface area contributed by atoms with Gasteiger partial charge in [-0.1, -0.05) is 66.7 Å². The maximum atomic E-state index is 14.4. The number of halogens is 4. The van der Waals surface area contributed by atoms with Crippen molar-refractivity contribution in [3.8, 4) is 16.9 Å². The van der Waals surface area contributed by atoms with E-state index in [1.54, 1.807) is 18.2 Å². The lowest BCUT2D eigenvalue weighted by molar-refractivity contribution is -0.136. The molecule has 0 aliphatic heterocycles. The van der Waals surface area contributed by atoms with Crippen LogP contribution in [0, 0.1) is 5.82 Å². The zero-order chi connectivity index (χ0) is 26.9. The molecule has 192 valence electrons. The van der Waals surface area contributed by atoms with Gasteiger partial charge in [-0.15, -0.1) is 0 Å². The fraction of sp³-hybridized carbons (Fsp3) is 0.129. The summed E-state index contributed by atoms with van der Waals surface area (Å²) in [5.41, 5.74) is 9.98. The van der Waals surface area contributed by atoms with Crippen LogP contribution < -0.4 is 10.5 Å². The van der Waals surface area contributed by atoms with Crippen molar-refractivity contribution >= 4 is 10.9 Å². The van der Waals surface area contributed by atoms with Crippen molar-refractivity contribution in [3.63, 3.8) is 0 Å². The zero-order valence-corrected chi connectivity index (χ0v) is 20.5. The van der Waals surface area contributed by atoms with Gasteiger partial charge in [0.25, 0.3) is 0 Å². The van der Waals surface area contributed by atoms with Gasteiger partial charge in [0, 0.05) is 11.6 Å². The van der Waals surface area contributed by atoms with Crippen LogP contribution in [0.5, 0.6) is 5.75 Å². The summed E-state index contributed by atoms with van der Waals surface area (Å²) in [5, 5.41) is 0.398. The summed E-state index contributed by atoms with van der Waals surface area (Å²) in [6.45, 7) is 0. The number of methoxy groups -OCH3 is 1. The molecule has 1 atom stereocenters. The van der Waals surface area contributed by atoms with E-state index in [2.05, 4.69) is 4.98 Å². The number of fused-ring (bicyclic) bond motifs is 1. The summed E-state index contributed by atoms with van der Waals surface area (Å²) >= 11 is 0. The Morgan fingerprint density at radius 1 is 0.868 bits per heavy atom. The number of hydrogen-bond donors (Lipinski definition) is 1. The highest BCUT2D eigenvalue weighted by molar-refractivity contribution is 5.98. The van der Waals surface area contributed by atoms with Gasteiger partial charge in [0.05, 0.1) is 24.2 Å². The molecule has 0 saturated heterocycles. The Balaban J connectivity index is 1.67. The van der Waals surface area contributed by atoms with Crippen molar-refractivity contribution in [1.29, 1.82) is 0 Å². The van der Waals surface area contributed by atoms with Crippen LogP contribution in [0.15, 0.2) is 97.2 Å². The fourth-order valence-electron chi connectivity index (χ4n) is 4.74. The molecule has 3 nitrogen and oxygen atoms in total. The average Bonchev–Trinajstić information content (AvgIpc) is 2.92. The summed E-state index contributed by atoms with van der Waals surface area (Å²) in [7, 11) is 1.39. The average molecular weight is 517 g/mol. The maximum Gasteiger partial charge on any atom is 0.418 e. The number of pyridine rings is 1. The molecule has 0 aliphatic carbocycles. The van der Waals surface area contributed by atoms with Crippen LogP contribution in [0.3, 0.4) is 0 Å². The Morgan fingerprint density at radius 3 is 2.32 bits per heavy atom. The van der Waals surface area contributed by atoms with E-state index in [9.17, 15) is 17.6 Å². The van der Waals surface area contributed by atoms with Crippen molar-refractivity contribution in [2.75, 3.05) is 7.11 Å². The van der Waals surface area contributed by atoms with E-state index >= 15 is 0 Å². The van der Waals surface area contributed by atoms with Gasteiger partial charge in [0.15, 0.2) is 11.6 Å². The molecule has 5 aromatic rings. The number of hydrogen-bond acceptors (Lipinski definition) is 3. The molecule has 1 aromatic heterocycles. The Morgan fingerprint density at radius 2 is 1.61 bits per heavy atom. The lowest BCUT2D eigenvalue weighted by atomic mass is 9.89. The molecule has 1 unspecified atom stereocenters. The first-order chi connectivity index (χ1) is 18.3. The van der Waals surface area contributed by atoms with Crippen LogP contribution in [0.4, 0.5) is 17.6 Å². The zero-order valence-electron chi connectivity index (χ0n) is 20.5. The Kier molecular flexibility index (Phi) is 6.87. The van der Waals surface area contributed by atoms with Crippen molar-refractivity contribution in [1.82, 2.24) is 4.98 Å². The topological polar surface area (TPSA) is 48.1 Å². The van der Waals surface area contributed by atoms with Crippen LogP contribution in [0.25, 0.3) is 22.0 Å². The Bertz CT molecular complexity index is 1600. The summed E-state index contributed by atoms with van der Waals surface area (Å²) < 4.78 is 60.9. The quantitative estimate of drug-likeness (QED) is 0.235. The molecular formula is C31H24F4N2O. The smallest absolute Gasteiger partial charge is 0.418 e. The van der Waals surface area contributed by atoms with Crippen molar-refractivity contribution in [3.05, 3.63) is 131 Å². The predicted molar refractivity (Wildman–Crippen MR) is 140 cm³/mol. The first-order valence-electron chi connectivity index (χ1n) is 12.0. The van der Waals surface area contributed by atoms with E-state index in [0.29, 0.717) is 34.1 Å². The minimum Gasteiger partial charge on any atom is -0.494 e. The van der Waals surface area contributed by atoms with Crippen LogP contribution >= 0.6 is 0 Å². The highest BCUT2D eigenvalue weighted by Gasteiger charge is 2.33. The Hall–Kier alpha value is -4.23. The molecule has 0 spiro atoms. The number of nitrogens with zero attached hydrogens (tertiary/aromatic N) is 1. The third-order valence-corrected chi connectivity index (χ3v) is 6.59. The summed E-state index contributed by atoms with van der Waals surface area (Å²) in [6.07, 6.45) is -2.55. The maximum absolute atomic E-state index is 14.4. The number of alkyl halides is 3. The van der Waals surface area contributed by atoms with Gasteiger partial charge in [-0.25, -0.2) is 4.39 Å². The normalized spacial score (nSPS) is 12.5. The number of para-hydroxylation sites is 1. The van der Waals surface area contributed by atoms with Crippen molar-refractivity contribution in [2.24, 2.45) is 5.73 Å². The summed E-state index contributed by atoms with van der Waals surface area (Å²) in [5.74, 6) is -0.412. The standard InChI is InChI=1S/C31H24F4N2O/c1-38-27-14-13-22(17-26(27)32)29(36)21-10-5-9-20(16-21)28-23(15-19-7-3-2-4-8-19)18-37-30-24(28)11-6-12-25(30)31(33,34)35/h2-14,16-18,29H,15,36H2,1H3. The van der Waals surface area contributed by atoms with E-state index < -0.39 is 23.6 Å². The van der Waals surface area contributed by atoms with Crippen LogP contribution in [0.2, 0.25) is 0 Å². The molecule has 4 aromatic carbocycles. The van der Waals surface area contributed by atoms with E-state index in [4.69, 9.17) is 10.5 Å². The third-order valence-electron chi connectivity index (χ3n) is 6.59. The van der Waals surface area contributed by atoms with Crippen molar-refractivity contribution < 1.29 is 22.3 Å². The van der Waals surface area contributed by atoms with Crippen molar-refractivity contribution in [2.45, 2.75) is 18.6 Å². The second kappa shape index (κ2) is 10.3. The van der Waals surface area contributed by atoms with Gasteiger partial charge in [-0.3, -0.25) is 4.98 Å². The molecule has 5 rings (SSSR count). The third kappa shape index (κ3) is 4.97. The second-order valence-electron chi connectivity index (χ2n) is 9.02. The monoisotopic (exact) mass is 516 g/mol. The number of nitrogens with two attached hydrogens (primary N) is 1. The van der Waals surface area contributed by atoms with Gasteiger partial charge in [0.2, 0.25) is 0 Å². The molecule has 7 heteroatoms. The molecule has 38 heavy (non-hydrogen) atoms. The second-order valence-corrected chi connectivity index (χ2v) is 9.02. The van der Waals surface area contributed by atoms with Crippen LogP contribution in [0.1, 0.15) is 33.9 Å². The highest BCUT2D eigenvalue weighted by Crippen LogP contribution is 2.39. The van der Waals surface area contributed by atoms with Gasteiger partial charge < -0.3 is 10.5 Å². The molecule has 0 bridgehead atoms. The van der Waals surface area contributed by atoms with Gasteiger partial charge in [-0.05, 0) is 64.1 Å². The van der Waals surface area contributed by atoms with Crippen LogP contribution in [-0.2, 0) is 12.6 Å². The number of rotatable bonds is 6. The molecule has 2 N–H and O–H groups in total. The highest BCUT2D eigenvalue weighted by atomic mass is 19.4. The number of benzene rings is 4. The van der Waals surface area contributed by atoms with E-state index in [1.807, 2.05) is 48.5 Å². The number of ether oxygens (including phenoxy) is 1. The molecule has 0 amide bonds. The molecule has 0 fully saturated rings. The molecular weight excluding hydrogens is 492 g/mol. The van der Waals surface area contributed by atoms with Gasteiger partial charge in [-0.2, -0.15) is 13.2 Å². The minimum absolute atomic E-state index is 0.112. The lowest BCUT2D eigenvalue weighted by Gasteiger charge is -2.18. The minimum atomic E-state index is -4.55. The molecule has 1 heterocycles. The van der Waals surface area contributed by atoms with E-state index in [1.165, 1.54) is 31.5 Å². The predicted octanol–water partition coefficient (Wildman–Crippen LogP) is 7.71. The Labute approximate surface area is 217 Å². The summed E-state index contributed by atoms with van der Waals surface area (Å²) in [6, 6.07) is 24.9. The van der Waals surface area contributed by atoms with E-state index in [-0.39, 0.29) is 11.3 Å².